The smallest absolute Gasteiger partial charge is 0.255 e. The van der Waals surface area contributed by atoms with Crippen molar-refractivity contribution in [1.29, 1.82) is 0 Å². The summed E-state index contributed by atoms with van der Waals surface area (Å²) in [4.78, 5) is 37.8. The van der Waals surface area contributed by atoms with Crippen LogP contribution in [0.2, 0.25) is 0 Å². The molecule has 4 saturated carbocycles. The van der Waals surface area contributed by atoms with Gasteiger partial charge < -0.3 is 16.0 Å². The van der Waals surface area contributed by atoms with E-state index in [0.29, 0.717) is 29.9 Å². The van der Waals surface area contributed by atoms with Crippen LogP contribution in [-0.2, 0) is 9.59 Å². The van der Waals surface area contributed by atoms with Gasteiger partial charge in [-0.05, 0) is 70.6 Å². The van der Waals surface area contributed by atoms with Gasteiger partial charge in [0.25, 0.3) is 5.91 Å². The molecule has 3 N–H and O–H groups in total. The fourth-order valence-electron chi connectivity index (χ4n) is 6.69. The van der Waals surface area contributed by atoms with Crippen LogP contribution in [0.4, 0.5) is 0 Å². The van der Waals surface area contributed by atoms with E-state index in [2.05, 4.69) is 34.9 Å². The highest BCUT2D eigenvalue weighted by atomic mass is 32.2. The van der Waals surface area contributed by atoms with E-state index in [0.717, 1.165) is 37.1 Å². The molecule has 1 heterocycles. The van der Waals surface area contributed by atoms with E-state index in [1.807, 2.05) is 26.8 Å². The molecular formula is C27H41N5O3S. The third-order valence-corrected chi connectivity index (χ3v) is 9.01. The van der Waals surface area contributed by atoms with Gasteiger partial charge >= 0.3 is 0 Å². The minimum atomic E-state index is -0.700. The minimum Gasteiger partial charge on any atom is -0.356 e. The molecule has 1 aromatic rings. The maximum Gasteiger partial charge on any atom is 0.255 e. The molecule has 0 saturated heterocycles. The first-order valence-electron chi connectivity index (χ1n) is 13.2. The molecule has 36 heavy (non-hydrogen) atoms. The van der Waals surface area contributed by atoms with E-state index >= 15 is 0 Å². The predicted octanol–water partition coefficient (Wildman–Crippen LogP) is 3.83. The van der Waals surface area contributed by atoms with Crippen molar-refractivity contribution in [3.05, 3.63) is 17.8 Å². The maximum absolute atomic E-state index is 13.6. The summed E-state index contributed by atoms with van der Waals surface area (Å²) >= 11 is 1.59. The lowest BCUT2D eigenvalue weighted by Crippen LogP contribution is -2.66. The van der Waals surface area contributed by atoms with Gasteiger partial charge in [-0.25, -0.2) is 4.68 Å². The quantitative estimate of drug-likeness (QED) is 0.434. The van der Waals surface area contributed by atoms with E-state index in [1.54, 1.807) is 35.8 Å². The second kappa shape index (κ2) is 10.2. The number of thioether (sulfide) groups is 1. The molecule has 3 amide bonds. The molecule has 198 valence electrons. The first-order chi connectivity index (χ1) is 16.9. The van der Waals surface area contributed by atoms with E-state index < -0.39 is 5.41 Å². The lowest BCUT2D eigenvalue weighted by molar-refractivity contribution is -0.127. The summed E-state index contributed by atoms with van der Waals surface area (Å²) < 4.78 is 1.71. The van der Waals surface area contributed by atoms with Crippen LogP contribution in [0, 0.1) is 23.2 Å². The number of carbonyl (C=O) groups is 3. The van der Waals surface area contributed by atoms with Gasteiger partial charge in [0, 0.05) is 36.5 Å². The Bertz CT molecular complexity index is 1030. The van der Waals surface area contributed by atoms with Crippen molar-refractivity contribution in [2.45, 2.75) is 95.5 Å². The van der Waals surface area contributed by atoms with Crippen molar-refractivity contribution in [2.24, 2.45) is 23.2 Å². The molecule has 0 aliphatic heterocycles. The average molecular weight is 516 g/mol. The molecule has 4 aliphatic carbocycles. The molecular weight excluding hydrogens is 474 g/mol. The van der Waals surface area contributed by atoms with Crippen LogP contribution in [-0.4, -0.2) is 50.9 Å². The zero-order valence-electron chi connectivity index (χ0n) is 22.4. The van der Waals surface area contributed by atoms with Crippen LogP contribution in [0.3, 0.4) is 0 Å². The van der Waals surface area contributed by atoms with E-state index in [-0.39, 0.29) is 34.6 Å². The Morgan fingerprint density at radius 1 is 1.22 bits per heavy atom. The molecule has 5 rings (SSSR count). The number of rotatable bonds is 9. The summed E-state index contributed by atoms with van der Waals surface area (Å²) in [5, 5.41) is 15.0. The Morgan fingerprint density at radius 2 is 1.89 bits per heavy atom. The Labute approximate surface area is 218 Å². The van der Waals surface area contributed by atoms with Crippen molar-refractivity contribution in [1.82, 2.24) is 25.7 Å². The third-order valence-electron chi connectivity index (χ3n) is 7.91. The van der Waals surface area contributed by atoms with Crippen LogP contribution in [0.5, 0.6) is 0 Å². The SMILES string of the molecule is CCNC(=O)C(C)(C)/C=C/n1ncc(C(=O)NC2C3CC4CC2CC(NC(C)=O)(C4)C3)c1SC(C)C. The van der Waals surface area contributed by atoms with Crippen LogP contribution < -0.4 is 16.0 Å². The van der Waals surface area contributed by atoms with Gasteiger partial charge in [-0.2, -0.15) is 5.10 Å². The lowest BCUT2D eigenvalue weighted by atomic mass is 9.51. The molecule has 1 aromatic heterocycles. The fourth-order valence-corrected chi connectivity index (χ4v) is 7.63. The monoisotopic (exact) mass is 515 g/mol. The molecule has 0 radical (unpaired) electrons. The van der Waals surface area contributed by atoms with Gasteiger partial charge in [0.05, 0.1) is 17.2 Å². The Hall–Kier alpha value is -2.29. The second-order valence-corrected chi connectivity index (χ2v) is 13.4. The summed E-state index contributed by atoms with van der Waals surface area (Å²) in [6, 6.07) is 0.128. The summed E-state index contributed by atoms with van der Waals surface area (Å²) in [5.41, 5.74) is -0.220. The Balaban J connectivity index is 1.52. The van der Waals surface area contributed by atoms with Crippen molar-refractivity contribution in [3.63, 3.8) is 0 Å². The number of amides is 3. The average Bonchev–Trinajstić information content (AvgIpc) is 3.15. The van der Waals surface area contributed by atoms with Crippen LogP contribution >= 0.6 is 11.8 Å². The van der Waals surface area contributed by atoms with Crippen molar-refractivity contribution >= 4 is 35.7 Å². The van der Waals surface area contributed by atoms with E-state index in [9.17, 15) is 14.4 Å². The summed E-state index contributed by atoms with van der Waals surface area (Å²) in [7, 11) is 0. The Morgan fingerprint density at radius 3 is 2.47 bits per heavy atom. The lowest BCUT2D eigenvalue weighted by Gasteiger charge is -2.60. The summed E-state index contributed by atoms with van der Waals surface area (Å²) in [6.07, 6.45) is 10.4. The molecule has 0 spiro atoms. The zero-order chi connectivity index (χ0) is 26.3. The first kappa shape index (κ1) is 26.8. The summed E-state index contributed by atoms with van der Waals surface area (Å²) in [5.74, 6) is 1.32. The predicted molar refractivity (Wildman–Crippen MR) is 142 cm³/mol. The number of aromatic nitrogens is 2. The number of carbonyl (C=O) groups excluding carboxylic acids is 3. The number of nitrogens with zero attached hydrogens (tertiary/aromatic N) is 2. The highest BCUT2D eigenvalue weighted by Gasteiger charge is 2.56. The first-order valence-corrected chi connectivity index (χ1v) is 14.1. The molecule has 4 bridgehead atoms. The summed E-state index contributed by atoms with van der Waals surface area (Å²) in [6.45, 7) is 12.0. The largest absolute Gasteiger partial charge is 0.356 e. The highest BCUT2D eigenvalue weighted by molar-refractivity contribution is 7.99. The van der Waals surface area contributed by atoms with Gasteiger partial charge in [0.2, 0.25) is 11.8 Å². The van der Waals surface area contributed by atoms with Gasteiger partial charge in [-0.3, -0.25) is 14.4 Å². The zero-order valence-corrected chi connectivity index (χ0v) is 23.2. The minimum absolute atomic E-state index is 0.0451. The van der Waals surface area contributed by atoms with E-state index in [4.69, 9.17) is 0 Å². The standard InChI is InChI=1S/C27H41N5O3S/c1-7-28-25(35)26(5,6)8-9-32-24(36-16(2)3)21(15-29-32)23(34)30-22-19-10-18-11-20(22)14-27(12-18,13-19)31-17(4)33/h8-9,15-16,18-20,22H,7,10-14H2,1-6H3,(H,28,35)(H,30,34)(H,31,33)/b9-8+. The number of hydrogen-bond donors (Lipinski definition) is 3. The van der Waals surface area contributed by atoms with Crippen molar-refractivity contribution in [2.75, 3.05) is 6.54 Å². The van der Waals surface area contributed by atoms with Gasteiger partial charge in [-0.1, -0.05) is 19.9 Å². The second-order valence-electron chi connectivity index (χ2n) is 11.8. The molecule has 9 heteroatoms. The normalized spacial score (nSPS) is 29.1. The molecule has 2 atom stereocenters. The topological polar surface area (TPSA) is 105 Å². The Kier molecular flexibility index (Phi) is 7.60. The van der Waals surface area contributed by atoms with Crippen LogP contribution in [0.1, 0.15) is 84.0 Å². The molecule has 4 fully saturated rings. The molecule has 0 aromatic carbocycles. The third kappa shape index (κ3) is 5.50. The molecule has 8 nitrogen and oxygen atoms in total. The van der Waals surface area contributed by atoms with Crippen molar-refractivity contribution < 1.29 is 14.4 Å². The van der Waals surface area contributed by atoms with Gasteiger partial charge in [-0.15, -0.1) is 11.8 Å². The van der Waals surface area contributed by atoms with Crippen LogP contribution in [0.25, 0.3) is 6.20 Å². The number of nitrogens with one attached hydrogen (secondary N) is 3. The molecule has 4 aliphatic rings. The highest BCUT2D eigenvalue weighted by Crippen LogP contribution is 2.55. The van der Waals surface area contributed by atoms with Gasteiger partial charge in [0.1, 0.15) is 5.03 Å². The van der Waals surface area contributed by atoms with Crippen LogP contribution in [0.15, 0.2) is 17.3 Å². The number of hydrogen-bond acceptors (Lipinski definition) is 5. The fraction of sp³-hybridized carbons (Fsp3) is 0.704. The van der Waals surface area contributed by atoms with Gasteiger partial charge in [0.15, 0.2) is 0 Å². The maximum atomic E-state index is 13.6. The van der Waals surface area contributed by atoms with Crippen molar-refractivity contribution in [3.8, 4) is 0 Å². The molecule has 2 unspecified atom stereocenters. The van der Waals surface area contributed by atoms with E-state index in [1.165, 1.54) is 0 Å².